The van der Waals surface area contributed by atoms with Gasteiger partial charge in [0.15, 0.2) is 0 Å². The van der Waals surface area contributed by atoms with Crippen LogP contribution in [0.4, 0.5) is 4.39 Å². The van der Waals surface area contributed by atoms with Crippen molar-refractivity contribution in [1.82, 2.24) is 4.31 Å². The molecule has 20 heavy (non-hydrogen) atoms. The Labute approximate surface area is 126 Å². The molecule has 0 aromatic heterocycles. The Bertz CT molecular complexity index is 633. The molecule has 0 bridgehead atoms. The van der Waals surface area contributed by atoms with Gasteiger partial charge < -0.3 is 0 Å². The number of halogens is 2. The lowest BCUT2D eigenvalue weighted by Crippen LogP contribution is -2.32. The van der Waals surface area contributed by atoms with Crippen molar-refractivity contribution in [2.45, 2.75) is 31.1 Å². The summed E-state index contributed by atoms with van der Waals surface area (Å²) in [5.41, 5.74) is 0. The zero-order valence-corrected chi connectivity index (χ0v) is 13.4. The molecule has 1 fully saturated rings. The van der Waals surface area contributed by atoms with Crippen LogP contribution >= 0.6 is 15.9 Å². The molecule has 1 unspecified atom stereocenters. The Hall–Kier alpha value is -0.950. The zero-order valence-electron chi connectivity index (χ0n) is 11.0. The van der Waals surface area contributed by atoms with Crippen molar-refractivity contribution in [3.63, 3.8) is 0 Å². The number of amides is 1. The summed E-state index contributed by atoms with van der Waals surface area (Å²) in [6.07, 6.45) is 1.99. The number of nitrogens with zero attached hydrogens (tertiary/aromatic N) is 1. The molecule has 0 radical (unpaired) electrons. The van der Waals surface area contributed by atoms with E-state index in [0.717, 1.165) is 29.3 Å². The monoisotopic (exact) mass is 363 g/mol. The first-order valence-electron chi connectivity index (χ1n) is 6.37. The number of hydrogen-bond donors (Lipinski definition) is 0. The van der Waals surface area contributed by atoms with Gasteiger partial charge in [-0.2, -0.15) is 0 Å². The first-order chi connectivity index (χ1) is 9.36. The van der Waals surface area contributed by atoms with Gasteiger partial charge in [0.25, 0.3) is 10.0 Å². The molecule has 1 saturated heterocycles. The average molecular weight is 364 g/mol. The highest BCUT2D eigenvalue weighted by atomic mass is 79.9. The Kier molecular flexibility index (Phi) is 4.49. The average Bonchev–Trinajstić information content (AvgIpc) is 2.71. The second kappa shape index (κ2) is 5.81. The van der Waals surface area contributed by atoms with Crippen molar-refractivity contribution in [1.29, 1.82) is 0 Å². The second-order valence-corrected chi connectivity index (χ2v) is 7.55. The number of benzene rings is 1. The fourth-order valence-corrected chi connectivity index (χ4v) is 4.88. The summed E-state index contributed by atoms with van der Waals surface area (Å²) in [6.45, 7) is 2.21. The quantitative estimate of drug-likeness (QED) is 0.826. The van der Waals surface area contributed by atoms with Gasteiger partial charge in [0.2, 0.25) is 5.91 Å². The molecule has 0 N–H and O–H groups in total. The summed E-state index contributed by atoms with van der Waals surface area (Å²) in [5.74, 6) is -0.853. The Morgan fingerprint density at radius 1 is 1.45 bits per heavy atom. The van der Waals surface area contributed by atoms with Gasteiger partial charge in [0.1, 0.15) is 10.7 Å². The topological polar surface area (TPSA) is 54.5 Å². The van der Waals surface area contributed by atoms with Crippen molar-refractivity contribution in [2.75, 3.05) is 6.54 Å². The molecule has 0 aliphatic carbocycles. The minimum Gasteiger partial charge on any atom is -0.274 e. The smallest absolute Gasteiger partial charge is 0.267 e. The lowest BCUT2D eigenvalue weighted by molar-refractivity contribution is -0.123. The molecule has 0 saturated carbocycles. The Morgan fingerprint density at radius 3 is 2.75 bits per heavy atom. The minimum absolute atomic E-state index is 0.0708. The number of carbonyl (C=O) groups is 1. The largest absolute Gasteiger partial charge is 0.274 e. The standard InChI is InChI=1S/C13H15BrFNO3S/c1-2-3-9-6-13(17)16(8-9)20(18,19)12-5-4-10(15)7-11(12)14/h4-5,7,9H,2-3,6,8H2,1H3. The molecule has 1 atom stereocenters. The first-order valence-corrected chi connectivity index (χ1v) is 8.60. The van der Waals surface area contributed by atoms with Crippen LogP contribution in [0.5, 0.6) is 0 Å². The van der Waals surface area contributed by atoms with Gasteiger partial charge in [-0.3, -0.25) is 4.79 Å². The molecule has 1 aromatic carbocycles. The van der Waals surface area contributed by atoms with Crippen molar-refractivity contribution < 1.29 is 17.6 Å². The van der Waals surface area contributed by atoms with E-state index in [2.05, 4.69) is 15.9 Å². The lowest BCUT2D eigenvalue weighted by atomic mass is 10.0. The number of sulfonamides is 1. The highest BCUT2D eigenvalue weighted by Gasteiger charge is 2.38. The third kappa shape index (κ3) is 2.88. The second-order valence-electron chi connectivity index (χ2n) is 4.86. The van der Waals surface area contributed by atoms with E-state index in [1.165, 1.54) is 6.07 Å². The van der Waals surface area contributed by atoms with Crippen LogP contribution < -0.4 is 0 Å². The predicted octanol–water partition coefficient (Wildman–Crippen LogP) is 2.93. The predicted molar refractivity (Wildman–Crippen MR) is 76.0 cm³/mol. The zero-order chi connectivity index (χ0) is 14.9. The van der Waals surface area contributed by atoms with Crippen LogP contribution in [0.2, 0.25) is 0 Å². The van der Waals surface area contributed by atoms with Gasteiger partial charge in [-0.05, 0) is 46.5 Å². The summed E-state index contributed by atoms with van der Waals surface area (Å²) in [7, 11) is -3.92. The van der Waals surface area contributed by atoms with Crippen LogP contribution in [-0.2, 0) is 14.8 Å². The van der Waals surface area contributed by atoms with E-state index in [-0.39, 0.29) is 34.2 Å². The van der Waals surface area contributed by atoms with Gasteiger partial charge >= 0.3 is 0 Å². The molecule has 2 rings (SSSR count). The van der Waals surface area contributed by atoms with E-state index in [0.29, 0.717) is 0 Å². The van der Waals surface area contributed by atoms with E-state index < -0.39 is 15.8 Å². The molecule has 110 valence electrons. The molecule has 1 aliphatic rings. The number of hydrogen-bond acceptors (Lipinski definition) is 3. The summed E-state index contributed by atoms with van der Waals surface area (Å²) in [4.78, 5) is 11.8. The number of rotatable bonds is 4. The summed E-state index contributed by atoms with van der Waals surface area (Å²) in [6, 6.07) is 3.33. The van der Waals surface area contributed by atoms with Crippen molar-refractivity contribution in [3.05, 3.63) is 28.5 Å². The highest BCUT2D eigenvalue weighted by molar-refractivity contribution is 9.10. The maximum Gasteiger partial charge on any atom is 0.267 e. The fraction of sp³-hybridized carbons (Fsp3) is 0.462. The summed E-state index contributed by atoms with van der Waals surface area (Å²) < 4.78 is 39.0. The molecular formula is C13H15BrFNO3S. The Balaban J connectivity index is 2.33. The molecule has 1 heterocycles. The van der Waals surface area contributed by atoms with E-state index >= 15 is 0 Å². The van der Waals surface area contributed by atoms with Crippen LogP contribution in [0.15, 0.2) is 27.6 Å². The molecule has 4 nitrogen and oxygen atoms in total. The van der Waals surface area contributed by atoms with Crippen LogP contribution in [0.3, 0.4) is 0 Å². The molecule has 1 aromatic rings. The van der Waals surface area contributed by atoms with Crippen LogP contribution in [0, 0.1) is 11.7 Å². The summed E-state index contributed by atoms with van der Waals surface area (Å²) in [5, 5.41) is 0. The normalized spacial score (nSPS) is 19.6. The maximum atomic E-state index is 13.0. The molecular weight excluding hydrogens is 349 g/mol. The fourth-order valence-electron chi connectivity index (χ4n) is 2.39. The third-order valence-electron chi connectivity index (χ3n) is 3.32. The van der Waals surface area contributed by atoms with Crippen molar-refractivity contribution in [2.24, 2.45) is 5.92 Å². The molecule has 7 heteroatoms. The van der Waals surface area contributed by atoms with Crippen LogP contribution in [-0.4, -0.2) is 25.2 Å². The molecule has 0 spiro atoms. The lowest BCUT2D eigenvalue weighted by Gasteiger charge is -2.18. The molecule has 1 aliphatic heterocycles. The van der Waals surface area contributed by atoms with Crippen molar-refractivity contribution in [3.8, 4) is 0 Å². The SMILES string of the molecule is CCCC1CC(=O)N(S(=O)(=O)c2ccc(F)cc2Br)C1. The summed E-state index contributed by atoms with van der Waals surface area (Å²) >= 11 is 3.04. The van der Waals surface area contributed by atoms with Crippen molar-refractivity contribution >= 4 is 31.9 Å². The van der Waals surface area contributed by atoms with E-state index in [1.807, 2.05) is 6.92 Å². The highest BCUT2D eigenvalue weighted by Crippen LogP contribution is 2.31. The van der Waals surface area contributed by atoms with E-state index in [1.54, 1.807) is 0 Å². The van der Waals surface area contributed by atoms with Crippen LogP contribution in [0.1, 0.15) is 26.2 Å². The Morgan fingerprint density at radius 2 is 2.15 bits per heavy atom. The van der Waals surface area contributed by atoms with E-state index in [4.69, 9.17) is 0 Å². The van der Waals surface area contributed by atoms with E-state index in [9.17, 15) is 17.6 Å². The molecule has 1 amide bonds. The van der Waals surface area contributed by atoms with Gasteiger partial charge in [0.05, 0.1) is 0 Å². The minimum atomic E-state index is -3.92. The first kappa shape index (κ1) is 15.4. The van der Waals surface area contributed by atoms with Gasteiger partial charge in [-0.1, -0.05) is 13.3 Å². The van der Waals surface area contributed by atoms with Crippen LogP contribution in [0.25, 0.3) is 0 Å². The third-order valence-corrected chi connectivity index (χ3v) is 6.09. The maximum absolute atomic E-state index is 13.0. The van der Waals surface area contributed by atoms with Gasteiger partial charge in [-0.15, -0.1) is 0 Å². The van der Waals surface area contributed by atoms with Gasteiger partial charge in [-0.25, -0.2) is 17.1 Å². The number of carbonyl (C=O) groups excluding carboxylic acids is 1. The van der Waals surface area contributed by atoms with Gasteiger partial charge in [0, 0.05) is 17.4 Å².